The predicted molar refractivity (Wildman–Crippen MR) is 55.4 cm³/mol. The van der Waals surface area contributed by atoms with Crippen LogP contribution in [0, 0.1) is 0 Å². The van der Waals surface area contributed by atoms with Crippen molar-refractivity contribution in [2.45, 2.75) is 0 Å². The minimum absolute atomic E-state index is 0.241. The second kappa shape index (κ2) is 3.09. The number of fused-ring (bicyclic) bond motifs is 1. The smallest absolute Gasteiger partial charge is 0.352 e. The summed E-state index contributed by atoms with van der Waals surface area (Å²) < 4.78 is 2.26. The minimum atomic E-state index is -0.943. The molecule has 0 radical (unpaired) electrons. The van der Waals surface area contributed by atoms with Crippen LogP contribution in [0.1, 0.15) is 10.5 Å². The number of carboxylic acid groups (broad SMARTS) is 1. The average Bonchev–Trinajstić information content (AvgIpc) is 2.44. The summed E-state index contributed by atoms with van der Waals surface area (Å²) in [6, 6.07) is 5.23. The largest absolute Gasteiger partial charge is 0.477 e. The van der Waals surface area contributed by atoms with Crippen LogP contribution in [-0.4, -0.2) is 20.6 Å². The van der Waals surface area contributed by atoms with Crippen molar-refractivity contribution in [1.29, 1.82) is 0 Å². The summed E-state index contributed by atoms with van der Waals surface area (Å²) in [4.78, 5) is 15.0. The normalized spacial score (nSPS) is 10.7. The maximum Gasteiger partial charge on any atom is 0.352 e. The number of nitrogens with zero attached hydrogens (tertiary/aromatic N) is 2. The molecule has 2 aromatic rings. The van der Waals surface area contributed by atoms with E-state index in [9.17, 15) is 4.79 Å². The van der Waals surface area contributed by atoms with Crippen molar-refractivity contribution in [3.63, 3.8) is 0 Å². The first-order chi connectivity index (χ1) is 6.59. The lowest BCUT2D eigenvalue weighted by Crippen LogP contribution is -2.04. The molecule has 72 valence electrons. The molecular formula is C9H7BrN2O2. The number of pyridine rings is 1. The van der Waals surface area contributed by atoms with Crippen LogP contribution < -0.4 is 0 Å². The number of hydrogen-bond acceptors (Lipinski definition) is 2. The van der Waals surface area contributed by atoms with Gasteiger partial charge in [-0.15, -0.1) is 0 Å². The van der Waals surface area contributed by atoms with Crippen LogP contribution >= 0.6 is 15.9 Å². The van der Waals surface area contributed by atoms with Crippen molar-refractivity contribution < 1.29 is 9.90 Å². The van der Waals surface area contributed by atoms with Gasteiger partial charge in [-0.1, -0.05) is 0 Å². The molecule has 0 atom stereocenters. The molecule has 2 aromatic heterocycles. The molecule has 0 unspecified atom stereocenters. The first-order valence-electron chi connectivity index (χ1n) is 3.95. The number of hydrogen-bond donors (Lipinski definition) is 1. The minimum Gasteiger partial charge on any atom is -0.477 e. The van der Waals surface area contributed by atoms with Gasteiger partial charge in [-0.3, -0.25) is 0 Å². The fourth-order valence-electron chi connectivity index (χ4n) is 1.38. The fourth-order valence-corrected chi connectivity index (χ4v) is 1.68. The average molecular weight is 255 g/mol. The highest BCUT2D eigenvalue weighted by atomic mass is 79.9. The Kier molecular flexibility index (Phi) is 2.03. The van der Waals surface area contributed by atoms with Gasteiger partial charge < -0.3 is 9.67 Å². The quantitative estimate of drug-likeness (QED) is 0.793. The van der Waals surface area contributed by atoms with E-state index >= 15 is 0 Å². The molecule has 0 spiro atoms. The van der Waals surface area contributed by atoms with Crippen LogP contribution in [0.15, 0.2) is 22.8 Å². The molecule has 2 heterocycles. The number of rotatable bonds is 1. The first kappa shape index (κ1) is 9.21. The van der Waals surface area contributed by atoms with E-state index in [0.717, 1.165) is 5.39 Å². The molecule has 5 heteroatoms. The Labute approximate surface area is 88.3 Å². The first-order valence-corrected chi connectivity index (χ1v) is 4.74. The van der Waals surface area contributed by atoms with Crippen LogP contribution in [0.2, 0.25) is 0 Å². The molecule has 0 saturated heterocycles. The van der Waals surface area contributed by atoms with Crippen molar-refractivity contribution in [2.75, 3.05) is 0 Å². The third-order valence-corrected chi connectivity index (χ3v) is 2.50. The van der Waals surface area contributed by atoms with Crippen LogP contribution in [0.5, 0.6) is 0 Å². The van der Waals surface area contributed by atoms with Crippen molar-refractivity contribution in [1.82, 2.24) is 9.55 Å². The van der Waals surface area contributed by atoms with E-state index < -0.39 is 5.97 Å². The zero-order valence-electron chi connectivity index (χ0n) is 7.36. The van der Waals surface area contributed by atoms with Crippen LogP contribution in [0.3, 0.4) is 0 Å². The van der Waals surface area contributed by atoms with Crippen molar-refractivity contribution in [3.8, 4) is 0 Å². The molecule has 0 saturated carbocycles. The van der Waals surface area contributed by atoms with Gasteiger partial charge in [-0.25, -0.2) is 9.78 Å². The summed E-state index contributed by atoms with van der Waals surface area (Å²) in [5, 5.41) is 9.70. The van der Waals surface area contributed by atoms with Crippen LogP contribution in [-0.2, 0) is 7.05 Å². The highest BCUT2D eigenvalue weighted by molar-refractivity contribution is 9.10. The third kappa shape index (κ3) is 1.29. The number of halogens is 1. The van der Waals surface area contributed by atoms with Crippen molar-refractivity contribution >= 4 is 32.9 Å². The Bertz CT molecular complexity index is 519. The van der Waals surface area contributed by atoms with Gasteiger partial charge in [0, 0.05) is 12.4 Å². The molecular weight excluding hydrogens is 248 g/mol. The highest BCUT2D eigenvalue weighted by Crippen LogP contribution is 2.19. The van der Waals surface area contributed by atoms with E-state index in [1.165, 1.54) is 0 Å². The number of aryl methyl sites for hydroxylation is 1. The lowest BCUT2D eigenvalue weighted by molar-refractivity contribution is 0.0687. The van der Waals surface area contributed by atoms with Gasteiger partial charge in [0.1, 0.15) is 15.9 Å². The Morgan fingerprint density at radius 2 is 2.29 bits per heavy atom. The molecule has 0 aliphatic heterocycles. The van der Waals surface area contributed by atoms with Crippen molar-refractivity contribution in [3.05, 3.63) is 28.5 Å². The van der Waals surface area contributed by atoms with Gasteiger partial charge >= 0.3 is 5.97 Å². The molecule has 1 N–H and O–H groups in total. The van der Waals surface area contributed by atoms with Crippen LogP contribution in [0.25, 0.3) is 11.0 Å². The maximum atomic E-state index is 10.8. The molecule has 0 fully saturated rings. The third-order valence-electron chi connectivity index (χ3n) is 2.06. The zero-order chi connectivity index (χ0) is 10.3. The monoisotopic (exact) mass is 254 g/mol. The second-order valence-electron chi connectivity index (χ2n) is 2.94. The highest BCUT2D eigenvalue weighted by Gasteiger charge is 2.12. The van der Waals surface area contributed by atoms with Gasteiger partial charge in [0.15, 0.2) is 0 Å². The molecule has 4 nitrogen and oxygen atoms in total. The summed E-state index contributed by atoms with van der Waals surface area (Å²) >= 11 is 3.24. The Balaban J connectivity index is 2.80. The number of carboxylic acids is 1. The molecule has 0 aromatic carbocycles. The molecule has 2 rings (SSSR count). The Morgan fingerprint density at radius 3 is 2.93 bits per heavy atom. The molecule has 0 bridgehead atoms. The van der Waals surface area contributed by atoms with Gasteiger partial charge in [-0.2, -0.15) is 0 Å². The summed E-state index contributed by atoms with van der Waals surface area (Å²) in [5.41, 5.74) is 0.905. The second-order valence-corrected chi connectivity index (χ2v) is 3.75. The van der Waals surface area contributed by atoms with Gasteiger partial charge in [0.25, 0.3) is 0 Å². The van der Waals surface area contributed by atoms with E-state index in [0.29, 0.717) is 10.3 Å². The van der Waals surface area contributed by atoms with E-state index in [2.05, 4.69) is 20.9 Å². The molecule has 0 aliphatic carbocycles. The summed E-state index contributed by atoms with van der Waals surface area (Å²) in [5.74, 6) is -0.943. The van der Waals surface area contributed by atoms with E-state index in [4.69, 9.17) is 5.11 Å². The zero-order valence-corrected chi connectivity index (χ0v) is 8.95. The fraction of sp³-hybridized carbons (Fsp3) is 0.111. The summed E-state index contributed by atoms with van der Waals surface area (Å²) in [6.45, 7) is 0. The standard InChI is InChI=1S/C9H7BrN2O2/c1-12-6(9(13)14)4-5-2-3-7(10)11-8(5)12/h2-4H,1H3,(H,13,14). The lowest BCUT2D eigenvalue weighted by Gasteiger charge is -1.97. The molecule has 0 amide bonds. The predicted octanol–water partition coefficient (Wildman–Crippen LogP) is 2.03. The van der Waals surface area contributed by atoms with E-state index in [1.54, 1.807) is 23.7 Å². The van der Waals surface area contributed by atoms with Gasteiger partial charge in [0.2, 0.25) is 0 Å². The summed E-state index contributed by atoms with van der Waals surface area (Å²) in [6.07, 6.45) is 0. The Hall–Kier alpha value is -1.36. The summed E-state index contributed by atoms with van der Waals surface area (Å²) in [7, 11) is 1.69. The van der Waals surface area contributed by atoms with Crippen LogP contribution in [0.4, 0.5) is 0 Å². The maximum absolute atomic E-state index is 10.8. The van der Waals surface area contributed by atoms with Gasteiger partial charge in [-0.05, 0) is 34.1 Å². The SMILES string of the molecule is Cn1c(C(=O)O)cc2ccc(Br)nc21. The lowest BCUT2D eigenvalue weighted by atomic mass is 10.3. The Morgan fingerprint density at radius 1 is 1.57 bits per heavy atom. The van der Waals surface area contributed by atoms with Crippen molar-refractivity contribution in [2.24, 2.45) is 7.05 Å². The topological polar surface area (TPSA) is 55.1 Å². The number of aromatic nitrogens is 2. The van der Waals surface area contributed by atoms with E-state index in [1.807, 2.05) is 6.07 Å². The molecule has 14 heavy (non-hydrogen) atoms. The van der Waals surface area contributed by atoms with Gasteiger partial charge in [0.05, 0.1) is 0 Å². The molecule has 0 aliphatic rings. The number of aromatic carboxylic acids is 1. The van der Waals surface area contributed by atoms with E-state index in [-0.39, 0.29) is 5.69 Å². The number of carbonyl (C=O) groups is 1.